The van der Waals surface area contributed by atoms with Gasteiger partial charge in [0.15, 0.2) is 0 Å². The molecular weight excluding hydrogens is 399 g/mol. The van der Waals surface area contributed by atoms with E-state index in [2.05, 4.69) is 10.2 Å². The van der Waals surface area contributed by atoms with E-state index in [1.807, 2.05) is 75.7 Å². The summed E-state index contributed by atoms with van der Waals surface area (Å²) in [5, 5.41) is 3.41. The molecule has 28 heavy (non-hydrogen) atoms. The summed E-state index contributed by atoms with van der Waals surface area (Å²) in [6.07, 6.45) is 0. The Morgan fingerprint density at radius 1 is 1.04 bits per heavy atom. The van der Waals surface area contributed by atoms with Gasteiger partial charge in [0, 0.05) is 13.6 Å². The third-order valence-corrected chi connectivity index (χ3v) is 4.33. The van der Waals surface area contributed by atoms with Crippen molar-refractivity contribution in [2.24, 2.45) is 4.99 Å². The first-order valence-electron chi connectivity index (χ1n) is 8.45. The van der Waals surface area contributed by atoms with Crippen LogP contribution < -0.4 is 5.32 Å². The Morgan fingerprint density at radius 2 is 1.64 bits per heavy atom. The SMILES string of the molecule is CN(C)CCN=C1Nc2ccccc2C(=O)N(C)C1c1ccccc1.Cl.Cl.O. The summed E-state index contributed by atoms with van der Waals surface area (Å²) in [6.45, 7) is 1.52. The molecule has 3 rings (SSSR count). The number of rotatable bonds is 4. The standard InChI is InChI=1S/C20H24N4O.2ClH.H2O/c1-23(2)14-13-21-19-18(15-9-5-4-6-10-15)24(3)20(25)16-11-7-8-12-17(16)22-19;;;/h4-12,18H,13-14H2,1-3H3,(H,21,22);2*1H;1H2. The second kappa shape index (κ2) is 11.7. The Hall–Kier alpha value is -2.12. The van der Waals surface area contributed by atoms with E-state index in [9.17, 15) is 4.79 Å². The highest BCUT2D eigenvalue weighted by Crippen LogP contribution is 2.30. The van der Waals surface area contributed by atoms with Crippen LogP contribution in [0.4, 0.5) is 5.69 Å². The molecule has 1 amide bonds. The van der Waals surface area contributed by atoms with Gasteiger partial charge in [-0.1, -0.05) is 42.5 Å². The lowest BCUT2D eigenvalue weighted by Gasteiger charge is -2.27. The van der Waals surface area contributed by atoms with Gasteiger partial charge in [-0.25, -0.2) is 0 Å². The van der Waals surface area contributed by atoms with Crippen LogP contribution >= 0.6 is 24.8 Å². The minimum atomic E-state index is -0.233. The van der Waals surface area contributed by atoms with Gasteiger partial charge in [-0.3, -0.25) is 9.79 Å². The molecule has 1 aliphatic heterocycles. The molecule has 0 fully saturated rings. The number of benzene rings is 2. The highest BCUT2D eigenvalue weighted by molar-refractivity contribution is 6.11. The molecular formula is C20H28Cl2N4O2. The van der Waals surface area contributed by atoms with Gasteiger partial charge in [-0.2, -0.15) is 0 Å². The van der Waals surface area contributed by atoms with E-state index < -0.39 is 0 Å². The van der Waals surface area contributed by atoms with E-state index in [4.69, 9.17) is 4.99 Å². The fraction of sp³-hybridized carbons (Fsp3) is 0.300. The van der Waals surface area contributed by atoms with Gasteiger partial charge in [0.25, 0.3) is 5.91 Å². The Bertz CT molecular complexity index is 785. The van der Waals surface area contributed by atoms with Crippen molar-refractivity contribution in [3.05, 3.63) is 65.7 Å². The summed E-state index contributed by atoms with van der Waals surface area (Å²) >= 11 is 0. The van der Waals surface area contributed by atoms with E-state index >= 15 is 0 Å². The van der Waals surface area contributed by atoms with Crippen molar-refractivity contribution < 1.29 is 10.3 Å². The van der Waals surface area contributed by atoms with Crippen molar-refractivity contribution >= 4 is 42.2 Å². The second-order valence-corrected chi connectivity index (χ2v) is 6.47. The largest absolute Gasteiger partial charge is 0.412 e. The molecule has 3 N–H and O–H groups in total. The number of amidine groups is 1. The van der Waals surface area contributed by atoms with Gasteiger partial charge in [0.05, 0.1) is 17.8 Å². The van der Waals surface area contributed by atoms with Crippen LogP contribution in [0.15, 0.2) is 59.6 Å². The van der Waals surface area contributed by atoms with Crippen molar-refractivity contribution in [1.29, 1.82) is 0 Å². The number of hydrogen-bond acceptors (Lipinski definition) is 3. The number of aliphatic imine (C=N–C) groups is 1. The molecule has 6 nitrogen and oxygen atoms in total. The maximum absolute atomic E-state index is 13.0. The predicted molar refractivity (Wildman–Crippen MR) is 120 cm³/mol. The topological polar surface area (TPSA) is 79.4 Å². The minimum Gasteiger partial charge on any atom is -0.412 e. The van der Waals surface area contributed by atoms with Gasteiger partial charge in [0.1, 0.15) is 11.9 Å². The smallest absolute Gasteiger partial charge is 0.256 e. The molecule has 2 aromatic carbocycles. The molecule has 0 aromatic heterocycles. The van der Waals surface area contributed by atoms with Gasteiger partial charge in [-0.05, 0) is 31.8 Å². The fourth-order valence-electron chi connectivity index (χ4n) is 2.99. The summed E-state index contributed by atoms with van der Waals surface area (Å²) < 4.78 is 0. The van der Waals surface area contributed by atoms with Crippen molar-refractivity contribution in [3.8, 4) is 0 Å². The highest BCUT2D eigenvalue weighted by Gasteiger charge is 2.32. The van der Waals surface area contributed by atoms with Crippen LogP contribution in [-0.2, 0) is 0 Å². The number of anilines is 1. The Morgan fingerprint density at radius 3 is 2.29 bits per heavy atom. The van der Waals surface area contributed by atoms with E-state index in [0.717, 1.165) is 23.6 Å². The number of halogens is 2. The van der Waals surface area contributed by atoms with Crippen molar-refractivity contribution in [3.63, 3.8) is 0 Å². The number of para-hydroxylation sites is 1. The zero-order chi connectivity index (χ0) is 17.8. The van der Waals surface area contributed by atoms with Crippen LogP contribution in [0.3, 0.4) is 0 Å². The fourth-order valence-corrected chi connectivity index (χ4v) is 2.99. The van der Waals surface area contributed by atoms with Gasteiger partial charge >= 0.3 is 0 Å². The average Bonchev–Trinajstić information content (AvgIpc) is 2.71. The van der Waals surface area contributed by atoms with Gasteiger partial charge in [0.2, 0.25) is 0 Å². The molecule has 1 heterocycles. The second-order valence-electron chi connectivity index (χ2n) is 6.47. The molecule has 0 saturated heterocycles. The number of fused-ring (bicyclic) bond motifs is 1. The number of nitrogens with zero attached hydrogens (tertiary/aromatic N) is 3. The summed E-state index contributed by atoms with van der Waals surface area (Å²) in [4.78, 5) is 21.6. The summed E-state index contributed by atoms with van der Waals surface area (Å²) in [6, 6.07) is 17.4. The van der Waals surface area contributed by atoms with Crippen molar-refractivity contribution in [1.82, 2.24) is 9.80 Å². The van der Waals surface area contributed by atoms with Crippen LogP contribution in [-0.4, -0.2) is 61.3 Å². The molecule has 1 unspecified atom stereocenters. The van der Waals surface area contributed by atoms with E-state index in [1.54, 1.807) is 4.90 Å². The third kappa shape index (κ3) is 5.69. The molecule has 1 atom stereocenters. The minimum absolute atomic E-state index is 0. The van der Waals surface area contributed by atoms with Crippen LogP contribution in [0, 0.1) is 0 Å². The maximum Gasteiger partial charge on any atom is 0.256 e. The molecule has 8 heteroatoms. The van der Waals surface area contributed by atoms with E-state index in [-0.39, 0.29) is 42.2 Å². The summed E-state index contributed by atoms with van der Waals surface area (Å²) in [5.74, 6) is 0.795. The molecule has 0 radical (unpaired) electrons. The normalized spacial score (nSPS) is 16.9. The van der Waals surface area contributed by atoms with Crippen LogP contribution in [0.1, 0.15) is 22.0 Å². The third-order valence-electron chi connectivity index (χ3n) is 4.33. The predicted octanol–water partition coefficient (Wildman–Crippen LogP) is 2.90. The first-order chi connectivity index (χ1) is 12.1. The molecule has 154 valence electrons. The van der Waals surface area contributed by atoms with Crippen molar-refractivity contribution in [2.45, 2.75) is 6.04 Å². The molecule has 0 spiro atoms. The number of amides is 1. The first kappa shape index (κ1) is 25.9. The van der Waals surface area contributed by atoms with Gasteiger partial charge < -0.3 is 20.6 Å². The van der Waals surface area contributed by atoms with Crippen LogP contribution in [0.5, 0.6) is 0 Å². The lowest BCUT2D eigenvalue weighted by molar-refractivity contribution is 0.0773. The number of likely N-dealkylation sites (N-methyl/N-ethyl adjacent to an activating group) is 2. The highest BCUT2D eigenvalue weighted by atomic mass is 35.5. The maximum atomic E-state index is 13.0. The van der Waals surface area contributed by atoms with Crippen molar-refractivity contribution in [2.75, 3.05) is 39.5 Å². The first-order valence-corrected chi connectivity index (χ1v) is 8.45. The summed E-state index contributed by atoms with van der Waals surface area (Å²) in [7, 11) is 5.89. The quantitative estimate of drug-likeness (QED) is 0.815. The molecule has 0 aliphatic carbocycles. The monoisotopic (exact) mass is 426 g/mol. The zero-order valence-electron chi connectivity index (χ0n) is 16.3. The number of nitrogens with one attached hydrogen (secondary N) is 1. The lowest BCUT2D eigenvalue weighted by atomic mass is 10.0. The number of carbonyl (C=O) groups is 1. The summed E-state index contributed by atoms with van der Waals surface area (Å²) in [5.41, 5.74) is 2.52. The Balaban J connectivity index is 0.00000243. The molecule has 1 aliphatic rings. The molecule has 2 aromatic rings. The number of hydrogen-bond donors (Lipinski definition) is 1. The lowest BCUT2D eigenvalue weighted by Crippen LogP contribution is -2.36. The Labute approximate surface area is 178 Å². The number of carbonyl (C=O) groups excluding carboxylic acids is 1. The van der Waals surface area contributed by atoms with Crippen LogP contribution in [0.25, 0.3) is 0 Å². The van der Waals surface area contributed by atoms with Gasteiger partial charge in [-0.15, -0.1) is 24.8 Å². The zero-order valence-corrected chi connectivity index (χ0v) is 17.9. The molecule has 0 saturated carbocycles. The van der Waals surface area contributed by atoms with Crippen LogP contribution in [0.2, 0.25) is 0 Å². The van der Waals surface area contributed by atoms with E-state index in [1.165, 1.54) is 0 Å². The average molecular weight is 427 g/mol. The molecule has 0 bridgehead atoms. The van der Waals surface area contributed by atoms with E-state index in [0.29, 0.717) is 12.1 Å². The Kier molecular flexibility index (Phi) is 10.8.